The Morgan fingerprint density at radius 3 is 2.39 bits per heavy atom. The first-order valence-electron chi connectivity index (χ1n) is 10.1. The SMILES string of the molecule is CC(C)Sc1ccccc1C(=O)N1CCC(CN(C)C(=O)OC(C)(C)C)CC1. The van der Waals surface area contributed by atoms with Crippen molar-refractivity contribution in [1.29, 1.82) is 0 Å². The van der Waals surface area contributed by atoms with Gasteiger partial charge in [-0.2, -0.15) is 0 Å². The van der Waals surface area contributed by atoms with Gasteiger partial charge in [0.2, 0.25) is 0 Å². The van der Waals surface area contributed by atoms with Crippen molar-refractivity contribution in [3.05, 3.63) is 29.8 Å². The van der Waals surface area contributed by atoms with Crippen LogP contribution in [-0.4, -0.2) is 59.3 Å². The lowest BCUT2D eigenvalue weighted by atomic mass is 9.96. The van der Waals surface area contributed by atoms with Gasteiger partial charge in [0.05, 0.1) is 5.56 Å². The summed E-state index contributed by atoms with van der Waals surface area (Å²) < 4.78 is 5.42. The van der Waals surface area contributed by atoms with Crippen molar-refractivity contribution < 1.29 is 14.3 Å². The van der Waals surface area contributed by atoms with E-state index in [1.54, 1.807) is 23.7 Å². The van der Waals surface area contributed by atoms with Gasteiger partial charge in [-0.1, -0.05) is 26.0 Å². The summed E-state index contributed by atoms with van der Waals surface area (Å²) in [6.07, 6.45) is 1.52. The summed E-state index contributed by atoms with van der Waals surface area (Å²) in [6.45, 7) is 12.0. The van der Waals surface area contributed by atoms with Crippen LogP contribution in [0, 0.1) is 5.92 Å². The largest absolute Gasteiger partial charge is 0.444 e. The van der Waals surface area contributed by atoms with E-state index in [2.05, 4.69) is 13.8 Å². The smallest absolute Gasteiger partial charge is 0.410 e. The lowest BCUT2D eigenvalue weighted by Gasteiger charge is -2.34. The van der Waals surface area contributed by atoms with Crippen molar-refractivity contribution in [2.75, 3.05) is 26.7 Å². The van der Waals surface area contributed by atoms with E-state index in [4.69, 9.17) is 4.74 Å². The molecule has 1 fully saturated rings. The van der Waals surface area contributed by atoms with Crippen molar-refractivity contribution in [2.24, 2.45) is 5.92 Å². The zero-order valence-electron chi connectivity index (χ0n) is 18.0. The number of benzene rings is 1. The standard InChI is InChI=1S/C22H34N2O3S/c1-16(2)28-19-10-8-7-9-18(19)20(25)24-13-11-17(12-14-24)15-23(6)21(26)27-22(3,4)5/h7-10,16-17H,11-15H2,1-6H3. The fraction of sp³-hybridized carbons (Fsp3) is 0.636. The number of carbonyl (C=O) groups is 2. The third kappa shape index (κ3) is 6.73. The van der Waals surface area contributed by atoms with Gasteiger partial charge in [0, 0.05) is 36.8 Å². The van der Waals surface area contributed by atoms with Crippen molar-refractivity contribution in [3.63, 3.8) is 0 Å². The van der Waals surface area contributed by atoms with Crippen LogP contribution in [0.15, 0.2) is 29.2 Å². The van der Waals surface area contributed by atoms with Gasteiger partial charge in [-0.15, -0.1) is 11.8 Å². The van der Waals surface area contributed by atoms with E-state index < -0.39 is 5.60 Å². The molecular formula is C22H34N2O3S. The molecule has 2 amide bonds. The first-order valence-corrected chi connectivity index (χ1v) is 10.9. The van der Waals surface area contributed by atoms with E-state index >= 15 is 0 Å². The molecule has 1 aliphatic rings. The van der Waals surface area contributed by atoms with Crippen molar-refractivity contribution in [1.82, 2.24) is 9.80 Å². The molecule has 0 unspecified atom stereocenters. The highest BCUT2D eigenvalue weighted by Gasteiger charge is 2.28. The van der Waals surface area contributed by atoms with Gasteiger partial charge in [-0.3, -0.25) is 4.79 Å². The molecule has 0 aliphatic carbocycles. The molecular weight excluding hydrogens is 372 g/mol. The molecule has 0 bridgehead atoms. The number of thioether (sulfide) groups is 1. The summed E-state index contributed by atoms with van der Waals surface area (Å²) in [5, 5.41) is 0.433. The Hall–Kier alpha value is -1.69. The van der Waals surface area contributed by atoms with Crippen molar-refractivity contribution in [2.45, 2.75) is 63.2 Å². The minimum absolute atomic E-state index is 0.114. The number of nitrogens with zero attached hydrogens (tertiary/aromatic N) is 2. The van der Waals surface area contributed by atoms with E-state index in [0.717, 1.165) is 36.4 Å². The van der Waals surface area contributed by atoms with Crippen LogP contribution in [-0.2, 0) is 4.74 Å². The topological polar surface area (TPSA) is 49.9 Å². The summed E-state index contributed by atoms with van der Waals surface area (Å²) in [4.78, 5) is 29.8. The molecule has 2 rings (SSSR count). The minimum Gasteiger partial charge on any atom is -0.444 e. The summed E-state index contributed by atoms with van der Waals surface area (Å²) >= 11 is 1.73. The zero-order valence-corrected chi connectivity index (χ0v) is 18.8. The molecule has 6 heteroatoms. The zero-order chi connectivity index (χ0) is 20.9. The van der Waals surface area contributed by atoms with E-state index in [1.165, 1.54) is 0 Å². The maximum Gasteiger partial charge on any atom is 0.410 e. The summed E-state index contributed by atoms with van der Waals surface area (Å²) in [7, 11) is 1.78. The van der Waals surface area contributed by atoms with Crippen LogP contribution in [0.3, 0.4) is 0 Å². The number of piperidine rings is 1. The number of hydrogen-bond donors (Lipinski definition) is 0. The first-order chi connectivity index (χ1) is 13.1. The highest BCUT2D eigenvalue weighted by Crippen LogP contribution is 2.29. The predicted molar refractivity (Wildman–Crippen MR) is 115 cm³/mol. The molecule has 28 heavy (non-hydrogen) atoms. The van der Waals surface area contributed by atoms with E-state index in [-0.39, 0.29) is 12.0 Å². The molecule has 5 nitrogen and oxygen atoms in total. The molecule has 1 saturated heterocycles. The summed E-state index contributed by atoms with van der Waals surface area (Å²) in [6, 6.07) is 7.87. The highest BCUT2D eigenvalue weighted by atomic mass is 32.2. The number of ether oxygens (including phenoxy) is 1. The average molecular weight is 407 g/mol. The van der Waals surface area contributed by atoms with Crippen LogP contribution in [0.4, 0.5) is 4.79 Å². The monoisotopic (exact) mass is 406 g/mol. The number of amides is 2. The fourth-order valence-electron chi connectivity index (χ4n) is 3.29. The molecule has 1 aromatic rings. The molecule has 0 radical (unpaired) electrons. The van der Waals surface area contributed by atoms with Gasteiger partial charge in [-0.25, -0.2) is 4.79 Å². The normalized spacial score (nSPS) is 15.6. The molecule has 1 aliphatic heterocycles. The first kappa shape index (κ1) is 22.6. The van der Waals surface area contributed by atoms with Crippen molar-refractivity contribution >= 4 is 23.8 Å². The number of carbonyl (C=O) groups excluding carboxylic acids is 2. The van der Waals surface area contributed by atoms with Gasteiger partial charge in [0.25, 0.3) is 5.91 Å². The Labute approximate surface area is 173 Å². The lowest BCUT2D eigenvalue weighted by Crippen LogP contribution is -2.43. The number of hydrogen-bond acceptors (Lipinski definition) is 4. The Balaban J connectivity index is 1.90. The second-order valence-electron chi connectivity index (χ2n) is 8.76. The second-order valence-corrected chi connectivity index (χ2v) is 10.4. The third-order valence-corrected chi connectivity index (χ3v) is 5.70. The summed E-state index contributed by atoms with van der Waals surface area (Å²) in [5.41, 5.74) is 0.313. The van der Waals surface area contributed by atoms with E-state index in [1.807, 2.05) is 49.9 Å². The van der Waals surface area contributed by atoms with Gasteiger partial charge >= 0.3 is 6.09 Å². The Morgan fingerprint density at radius 1 is 1.21 bits per heavy atom. The number of rotatable bonds is 5. The van der Waals surface area contributed by atoms with Crippen LogP contribution in [0.25, 0.3) is 0 Å². The highest BCUT2D eigenvalue weighted by molar-refractivity contribution is 8.00. The predicted octanol–water partition coefficient (Wildman–Crippen LogP) is 4.91. The third-order valence-electron chi connectivity index (χ3n) is 4.62. The molecule has 0 saturated carbocycles. The number of likely N-dealkylation sites (tertiary alicyclic amines) is 1. The molecule has 0 N–H and O–H groups in total. The van der Waals surface area contributed by atoms with Gasteiger partial charge in [0.15, 0.2) is 0 Å². The van der Waals surface area contributed by atoms with Crippen molar-refractivity contribution in [3.8, 4) is 0 Å². The van der Waals surface area contributed by atoms with Gasteiger partial charge < -0.3 is 14.5 Å². The Bertz CT molecular complexity index is 677. The molecule has 1 aromatic carbocycles. The maximum atomic E-state index is 13.0. The van der Waals surface area contributed by atoms with Crippen LogP contribution in [0.2, 0.25) is 0 Å². The quantitative estimate of drug-likeness (QED) is 0.652. The van der Waals surface area contributed by atoms with E-state index in [9.17, 15) is 9.59 Å². The van der Waals surface area contributed by atoms with Crippen LogP contribution in [0.5, 0.6) is 0 Å². The molecule has 0 spiro atoms. The van der Waals surface area contributed by atoms with Gasteiger partial charge in [0.1, 0.15) is 5.60 Å². The summed E-state index contributed by atoms with van der Waals surface area (Å²) in [5.74, 6) is 0.504. The molecule has 156 valence electrons. The molecule has 1 heterocycles. The van der Waals surface area contributed by atoms with E-state index in [0.29, 0.717) is 17.7 Å². The van der Waals surface area contributed by atoms with Crippen LogP contribution in [0.1, 0.15) is 57.8 Å². The maximum absolute atomic E-state index is 13.0. The fourth-order valence-corrected chi connectivity index (χ4v) is 4.24. The Kier molecular flexibility index (Phi) is 7.81. The second kappa shape index (κ2) is 9.68. The van der Waals surface area contributed by atoms with Crippen LogP contribution < -0.4 is 0 Å². The molecule has 0 aromatic heterocycles. The lowest BCUT2D eigenvalue weighted by molar-refractivity contribution is 0.0246. The average Bonchev–Trinajstić information content (AvgIpc) is 2.60. The van der Waals surface area contributed by atoms with Gasteiger partial charge in [-0.05, 0) is 51.7 Å². The molecule has 0 atom stereocenters. The van der Waals surface area contributed by atoms with Crippen LogP contribution >= 0.6 is 11.8 Å². The minimum atomic E-state index is -0.484. The Morgan fingerprint density at radius 2 is 1.82 bits per heavy atom.